The number of carbonyl (C=O) groups is 1. The quantitative estimate of drug-likeness (QED) is 0.414. The molecule has 2 N–H and O–H groups in total. The number of nitrogens with one attached hydrogen (secondary N) is 1. The zero-order valence-corrected chi connectivity index (χ0v) is 17.9. The number of carbonyl (C=O) groups excluding carboxylic acids is 1. The zero-order chi connectivity index (χ0) is 23.5. The maximum absolute atomic E-state index is 14.6. The van der Waals surface area contributed by atoms with Gasteiger partial charge in [-0.15, -0.1) is 0 Å². The molecule has 0 radical (unpaired) electrons. The molecule has 1 saturated carbocycles. The van der Waals surface area contributed by atoms with Crippen molar-refractivity contribution in [3.8, 4) is 17.0 Å². The molecule has 9 heteroatoms. The van der Waals surface area contributed by atoms with Gasteiger partial charge in [0.2, 0.25) is 5.88 Å². The maximum atomic E-state index is 14.6. The van der Waals surface area contributed by atoms with Crippen LogP contribution in [0.5, 0.6) is 5.88 Å². The Morgan fingerprint density at radius 2 is 1.97 bits per heavy atom. The summed E-state index contributed by atoms with van der Waals surface area (Å²) in [6, 6.07) is 3.32. The van der Waals surface area contributed by atoms with E-state index in [-0.39, 0.29) is 41.6 Å². The standard InChI is InChI=1S/C23H26F4N2O3/c1-3-4-9-32-21-18(17-11-16(23(25,26)27)7-8-19(17)24)10-14(12-28-21)20(30)29-13-22(2,31)15-5-6-15/h7-8,10-12,15,31H,3-6,9,13H2,1-2H3,(H,29,30)/t22-/m1/s1. The van der Waals surface area contributed by atoms with Crippen LogP contribution in [0.4, 0.5) is 17.6 Å². The summed E-state index contributed by atoms with van der Waals surface area (Å²) in [5.41, 5.74) is -2.47. The lowest BCUT2D eigenvalue weighted by atomic mass is 10.00. The molecule has 1 heterocycles. The second kappa shape index (κ2) is 9.44. The summed E-state index contributed by atoms with van der Waals surface area (Å²) >= 11 is 0. The summed E-state index contributed by atoms with van der Waals surface area (Å²) in [6.07, 6.45) is -0.195. The molecule has 2 aromatic rings. The van der Waals surface area contributed by atoms with Crippen LogP contribution in [0.3, 0.4) is 0 Å². The second-order valence-electron chi connectivity index (χ2n) is 8.29. The third kappa shape index (κ3) is 5.76. The lowest BCUT2D eigenvalue weighted by Gasteiger charge is -2.23. The highest BCUT2D eigenvalue weighted by Crippen LogP contribution is 2.39. The van der Waals surface area contributed by atoms with Crippen LogP contribution in [0.25, 0.3) is 11.1 Å². The largest absolute Gasteiger partial charge is 0.477 e. The topological polar surface area (TPSA) is 71.5 Å². The van der Waals surface area contributed by atoms with Crippen LogP contribution in [0.15, 0.2) is 30.5 Å². The Hall–Kier alpha value is -2.68. The smallest absolute Gasteiger partial charge is 0.416 e. The van der Waals surface area contributed by atoms with Crippen LogP contribution in [0, 0.1) is 11.7 Å². The molecule has 0 bridgehead atoms. The van der Waals surface area contributed by atoms with Gasteiger partial charge in [0, 0.05) is 23.9 Å². The molecule has 1 aliphatic rings. The first kappa shape index (κ1) is 24.0. The third-order valence-electron chi connectivity index (χ3n) is 5.50. The normalized spacial score (nSPS) is 15.8. The van der Waals surface area contributed by atoms with Crippen molar-refractivity contribution in [3.63, 3.8) is 0 Å². The minimum absolute atomic E-state index is 0.0124. The maximum Gasteiger partial charge on any atom is 0.416 e. The van der Waals surface area contributed by atoms with Gasteiger partial charge in [-0.1, -0.05) is 13.3 Å². The van der Waals surface area contributed by atoms with Crippen LogP contribution >= 0.6 is 0 Å². The van der Waals surface area contributed by atoms with E-state index < -0.39 is 29.1 Å². The Bertz CT molecular complexity index is 972. The second-order valence-corrected chi connectivity index (χ2v) is 8.29. The molecule has 3 rings (SSSR count). The first-order valence-corrected chi connectivity index (χ1v) is 10.5. The van der Waals surface area contributed by atoms with Crippen molar-refractivity contribution in [2.24, 2.45) is 5.92 Å². The molecule has 1 atom stereocenters. The molecule has 0 unspecified atom stereocenters. The van der Waals surface area contributed by atoms with Gasteiger partial charge in [-0.05, 0) is 56.4 Å². The summed E-state index contributed by atoms with van der Waals surface area (Å²) in [5, 5.41) is 13.0. The minimum atomic E-state index is -4.66. The van der Waals surface area contributed by atoms with Crippen molar-refractivity contribution >= 4 is 5.91 Å². The van der Waals surface area contributed by atoms with E-state index in [0.29, 0.717) is 18.6 Å². The van der Waals surface area contributed by atoms with Crippen molar-refractivity contribution in [3.05, 3.63) is 47.4 Å². The summed E-state index contributed by atoms with van der Waals surface area (Å²) in [7, 11) is 0. The lowest BCUT2D eigenvalue weighted by Crippen LogP contribution is -2.42. The van der Waals surface area contributed by atoms with E-state index in [2.05, 4.69) is 10.3 Å². The highest BCUT2D eigenvalue weighted by atomic mass is 19.4. The molecule has 0 saturated heterocycles. The fourth-order valence-corrected chi connectivity index (χ4v) is 3.32. The predicted octanol–water partition coefficient (Wildman–Crippen LogP) is 4.98. The molecule has 1 fully saturated rings. The highest BCUT2D eigenvalue weighted by molar-refractivity contribution is 5.95. The van der Waals surface area contributed by atoms with Gasteiger partial charge in [0.05, 0.1) is 23.3 Å². The molecule has 1 aromatic heterocycles. The fourth-order valence-electron chi connectivity index (χ4n) is 3.32. The van der Waals surface area contributed by atoms with Crippen LogP contribution in [0.1, 0.15) is 55.5 Å². The number of nitrogens with zero attached hydrogens (tertiary/aromatic N) is 1. The van der Waals surface area contributed by atoms with E-state index in [1.807, 2.05) is 6.92 Å². The minimum Gasteiger partial charge on any atom is -0.477 e. The summed E-state index contributed by atoms with van der Waals surface area (Å²) in [5.74, 6) is -1.41. The molecule has 1 aliphatic carbocycles. The molecule has 0 spiro atoms. The number of hydrogen-bond donors (Lipinski definition) is 2. The highest BCUT2D eigenvalue weighted by Gasteiger charge is 2.40. The average molecular weight is 454 g/mol. The number of ether oxygens (including phenoxy) is 1. The molecule has 1 amide bonds. The molecule has 5 nitrogen and oxygen atoms in total. The van der Waals surface area contributed by atoms with Crippen molar-refractivity contribution in [1.29, 1.82) is 0 Å². The first-order chi connectivity index (χ1) is 15.0. The van der Waals surface area contributed by atoms with E-state index >= 15 is 0 Å². The van der Waals surface area contributed by atoms with Gasteiger partial charge in [-0.25, -0.2) is 9.37 Å². The number of hydrogen-bond acceptors (Lipinski definition) is 4. The Morgan fingerprint density at radius 3 is 2.59 bits per heavy atom. The Balaban J connectivity index is 1.94. The van der Waals surface area contributed by atoms with Crippen LogP contribution in [0.2, 0.25) is 0 Å². The van der Waals surface area contributed by atoms with Crippen molar-refractivity contribution in [1.82, 2.24) is 10.3 Å². The summed E-state index contributed by atoms with van der Waals surface area (Å²) in [6.45, 7) is 3.83. The Morgan fingerprint density at radius 1 is 1.25 bits per heavy atom. The van der Waals surface area contributed by atoms with E-state index in [1.165, 1.54) is 12.3 Å². The molecule has 174 valence electrons. The van der Waals surface area contributed by atoms with Crippen molar-refractivity contribution in [2.75, 3.05) is 13.2 Å². The predicted molar refractivity (Wildman–Crippen MR) is 111 cm³/mol. The van der Waals surface area contributed by atoms with Gasteiger partial charge in [-0.2, -0.15) is 13.2 Å². The van der Waals surface area contributed by atoms with Crippen LogP contribution in [-0.2, 0) is 6.18 Å². The van der Waals surface area contributed by atoms with Crippen LogP contribution < -0.4 is 10.1 Å². The van der Waals surface area contributed by atoms with Crippen molar-refractivity contribution < 1.29 is 32.2 Å². The van der Waals surface area contributed by atoms with Gasteiger partial charge < -0.3 is 15.2 Å². The monoisotopic (exact) mass is 454 g/mol. The molecular formula is C23H26F4N2O3. The van der Waals surface area contributed by atoms with Crippen LogP contribution in [-0.4, -0.2) is 34.8 Å². The Kier molecular flexibility index (Phi) is 7.07. The van der Waals surface area contributed by atoms with Crippen molar-refractivity contribution in [2.45, 2.75) is 51.3 Å². The van der Waals surface area contributed by atoms with E-state index in [4.69, 9.17) is 4.74 Å². The van der Waals surface area contributed by atoms with Gasteiger partial charge in [0.1, 0.15) is 5.82 Å². The number of pyridine rings is 1. The number of aromatic nitrogens is 1. The Labute approximate surface area is 183 Å². The summed E-state index contributed by atoms with van der Waals surface area (Å²) in [4.78, 5) is 16.7. The number of amides is 1. The lowest BCUT2D eigenvalue weighted by molar-refractivity contribution is -0.137. The third-order valence-corrected chi connectivity index (χ3v) is 5.50. The van der Waals surface area contributed by atoms with Gasteiger partial charge in [0.25, 0.3) is 5.91 Å². The first-order valence-electron chi connectivity index (χ1n) is 10.5. The average Bonchev–Trinajstić information content (AvgIpc) is 3.58. The van der Waals surface area contributed by atoms with Gasteiger partial charge in [0.15, 0.2) is 0 Å². The number of halogens is 4. The number of rotatable bonds is 9. The number of alkyl halides is 3. The number of benzene rings is 1. The zero-order valence-electron chi connectivity index (χ0n) is 17.9. The van der Waals surface area contributed by atoms with E-state index in [9.17, 15) is 27.5 Å². The number of aliphatic hydroxyl groups is 1. The molecule has 0 aliphatic heterocycles. The van der Waals surface area contributed by atoms with Gasteiger partial charge >= 0.3 is 6.18 Å². The van der Waals surface area contributed by atoms with Gasteiger partial charge in [-0.3, -0.25) is 4.79 Å². The number of unbranched alkanes of at least 4 members (excludes halogenated alkanes) is 1. The molecule has 32 heavy (non-hydrogen) atoms. The van der Waals surface area contributed by atoms with E-state index in [0.717, 1.165) is 25.3 Å². The SMILES string of the molecule is CCCCOc1ncc(C(=O)NC[C@@](C)(O)C2CC2)cc1-c1cc(C(F)(F)F)ccc1F. The summed E-state index contributed by atoms with van der Waals surface area (Å²) < 4.78 is 59.7. The fraction of sp³-hybridized carbons (Fsp3) is 0.478. The molecule has 1 aromatic carbocycles. The van der Waals surface area contributed by atoms with E-state index in [1.54, 1.807) is 6.92 Å². The molecular weight excluding hydrogens is 428 g/mol.